The summed E-state index contributed by atoms with van der Waals surface area (Å²) in [6, 6.07) is 15.9. The molecular weight excluding hydrogens is 358 g/mol. The van der Waals surface area contributed by atoms with Gasteiger partial charge >= 0.3 is 0 Å². The van der Waals surface area contributed by atoms with Crippen molar-refractivity contribution in [2.75, 3.05) is 12.4 Å². The fourth-order valence-electron chi connectivity index (χ4n) is 2.39. The Morgan fingerprint density at radius 1 is 1.13 bits per heavy atom. The van der Waals surface area contributed by atoms with Crippen molar-refractivity contribution in [3.63, 3.8) is 0 Å². The maximum atomic E-state index is 12.5. The van der Waals surface area contributed by atoms with Crippen LogP contribution in [0.5, 0.6) is 11.5 Å². The van der Waals surface area contributed by atoms with E-state index in [-0.39, 0.29) is 11.7 Å². The van der Waals surface area contributed by atoms with E-state index < -0.39 is 0 Å². The molecule has 3 rings (SSSR count). The highest BCUT2D eigenvalue weighted by atomic mass is 79.9. The van der Waals surface area contributed by atoms with Crippen LogP contribution < -0.4 is 10.1 Å². The van der Waals surface area contributed by atoms with Gasteiger partial charge in [-0.3, -0.25) is 4.79 Å². The van der Waals surface area contributed by atoms with Crippen LogP contribution in [0.2, 0.25) is 0 Å². The van der Waals surface area contributed by atoms with Crippen molar-refractivity contribution in [2.24, 2.45) is 0 Å². The van der Waals surface area contributed by atoms with Crippen molar-refractivity contribution in [3.05, 3.63) is 64.6 Å². The molecule has 3 aromatic rings. The first kappa shape index (κ1) is 15.4. The number of rotatable bonds is 3. The van der Waals surface area contributed by atoms with E-state index in [0.29, 0.717) is 21.5 Å². The Hall–Kier alpha value is -2.53. The second kappa shape index (κ2) is 6.30. The summed E-state index contributed by atoms with van der Waals surface area (Å²) in [5.74, 6) is 0.501. The molecule has 5 heteroatoms. The lowest BCUT2D eigenvalue weighted by atomic mass is 10.1. The number of anilines is 1. The Morgan fingerprint density at radius 3 is 2.70 bits per heavy atom. The molecule has 116 valence electrons. The average molecular weight is 372 g/mol. The summed E-state index contributed by atoms with van der Waals surface area (Å²) < 4.78 is 5.69. The number of benzene rings is 3. The summed E-state index contributed by atoms with van der Waals surface area (Å²) >= 11 is 3.38. The van der Waals surface area contributed by atoms with Crippen LogP contribution in [0.25, 0.3) is 10.8 Å². The number of nitrogens with one attached hydrogen (secondary N) is 1. The van der Waals surface area contributed by atoms with Gasteiger partial charge in [0.25, 0.3) is 5.91 Å². The molecule has 0 unspecified atom stereocenters. The van der Waals surface area contributed by atoms with E-state index in [1.54, 1.807) is 49.6 Å². The Balaban J connectivity index is 2.01. The van der Waals surface area contributed by atoms with Crippen molar-refractivity contribution in [1.82, 2.24) is 0 Å². The maximum absolute atomic E-state index is 12.5. The number of methoxy groups -OCH3 is 1. The summed E-state index contributed by atoms with van der Waals surface area (Å²) in [4.78, 5) is 12.5. The molecule has 3 aromatic carbocycles. The Labute approximate surface area is 141 Å². The number of phenolic OH excluding ortho intramolecular Hbond substituents is 1. The quantitative estimate of drug-likeness (QED) is 0.708. The fraction of sp³-hybridized carbons (Fsp3) is 0.0556. The molecule has 2 N–H and O–H groups in total. The van der Waals surface area contributed by atoms with E-state index in [1.807, 2.05) is 12.1 Å². The smallest absolute Gasteiger partial charge is 0.255 e. The van der Waals surface area contributed by atoms with E-state index in [2.05, 4.69) is 21.2 Å². The Kier molecular flexibility index (Phi) is 4.21. The van der Waals surface area contributed by atoms with Gasteiger partial charge in [0.05, 0.1) is 17.3 Å². The fourth-order valence-corrected chi connectivity index (χ4v) is 2.96. The molecule has 0 aromatic heterocycles. The molecule has 0 saturated carbocycles. The third-order valence-electron chi connectivity index (χ3n) is 3.54. The zero-order valence-corrected chi connectivity index (χ0v) is 13.9. The van der Waals surface area contributed by atoms with Gasteiger partial charge in [-0.1, -0.05) is 24.3 Å². The van der Waals surface area contributed by atoms with Crippen LogP contribution in [0.4, 0.5) is 5.69 Å². The van der Waals surface area contributed by atoms with Crippen LogP contribution in [0.1, 0.15) is 10.4 Å². The van der Waals surface area contributed by atoms with Crippen molar-refractivity contribution in [1.29, 1.82) is 0 Å². The molecule has 0 fully saturated rings. The number of hydrogen-bond acceptors (Lipinski definition) is 3. The van der Waals surface area contributed by atoms with Crippen LogP contribution >= 0.6 is 15.9 Å². The molecule has 0 atom stereocenters. The first-order chi connectivity index (χ1) is 11.1. The molecule has 1 amide bonds. The SMILES string of the molecule is COc1cccc(C(=O)Nc2cccc3ccc(O)c(Br)c23)c1. The zero-order valence-electron chi connectivity index (χ0n) is 12.3. The number of carbonyl (C=O) groups is 1. The molecule has 0 heterocycles. The monoisotopic (exact) mass is 371 g/mol. The van der Waals surface area contributed by atoms with Gasteiger partial charge in [0.1, 0.15) is 11.5 Å². The summed E-state index contributed by atoms with van der Waals surface area (Å²) in [6.07, 6.45) is 0. The highest BCUT2D eigenvalue weighted by Gasteiger charge is 2.12. The van der Waals surface area contributed by atoms with Crippen LogP contribution in [0, 0.1) is 0 Å². The number of ether oxygens (including phenoxy) is 1. The summed E-state index contributed by atoms with van der Waals surface area (Å²) in [5.41, 5.74) is 1.12. The maximum Gasteiger partial charge on any atom is 0.255 e. The standard InChI is InChI=1S/C18H14BrNO3/c1-23-13-6-2-5-12(10-13)18(22)20-14-7-3-4-11-8-9-15(21)17(19)16(11)14/h2-10,21H,1H3,(H,20,22). The number of phenols is 1. The van der Waals surface area contributed by atoms with Crippen molar-refractivity contribution in [2.45, 2.75) is 0 Å². The second-order valence-corrected chi connectivity index (χ2v) is 5.78. The molecule has 0 aliphatic rings. The largest absolute Gasteiger partial charge is 0.507 e. The lowest BCUT2D eigenvalue weighted by Gasteiger charge is -2.11. The predicted molar refractivity (Wildman–Crippen MR) is 94.3 cm³/mol. The van der Waals surface area contributed by atoms with Gasteiger partial charge in [0.2, 0.25) is 0 Å². The van der Waals surface area contributed by atoms with Crippen LogP contribution in [-0.4, -0.2) is 18.1 Å². The van der Waals surface area contributed by atoms with Crippen molar-refractivity contribution >= 4 is 38.3 Å². The van der Waals surface area contributed by atoms with E-state index in [1.165, 1.54) is 0 Å². The zero-order chi connectivity index (χ0) is 16.4. The van der Waals surface area contributed by atoms with Crippen LogP contribution in [0.15, 0.2) is 59.1 Å². The molecule has 4 nitrogen and oxygen atoms in total. The molecule has 0 aliphatic carbocycles. The number of fused-ring (bicyclic) bond motifs is 1. The predicted octanol–water partition coefficient (Wildman–Crippen LogP) is 4.57. The minimum atomic E-state index is -0.244. The van der Waals surface area contributed by atoms with E-state index >= 15 is 0 Å². The van der Waals surface area contributed by atoms with Gasteiger partial charge < -0.3 is 15.2 Å². The minimum absolute atomic E-state index is 0.126. The second-order valence-electron chi connectivity index (χ2n) is 4.99. The first-order valence-electron chi connectivity index (χ1n) is 6.96. The highest BCUT2D eigenvalue weighted by molar-refractivity contribution is 9.10. The number of halogens is 1. The number of aromatic hydroxyl groups is 1. The molecule has 0 aliphatic heterocycles. The van der Waals surface area contributed by atoms with E-state index in [0.717, 1.165) is 10.8 Å². The highest BCUT2D eigenvalue weighted by Crippen LogP contribution is 2.36. The van der Waals surface area contributed by atoms with Crippen LogP contribution in [0.3, 0.4) is 0 Å². The molecule has 23 heavy (non-hydrogen) atoms. The van der Waals surface area contributed by atoms with Gasteiger partial charge in [-0.15, -0.1) is 0 Å². The van der Waals surface area contributed by atoms with Gasteiger partial charge in [-0.2, -0.15) is 0 Å². The lowest BCUT2D eigenvalue weighted by molar-refractivity contribution is 0.102. The Morgan fingerprint density at radius 2 is 1.91 bits per heavy atom. The van der Waals surface area contributed by atoms with E-state index in [4.69, 9.17) is 4.74 Å². The van der Waals surface area contributed by atoms with Gasteiger partial charge in [0.15, 0.2) is 0 Å². The average Bonchev–Trinajstić information content (AvgIpc) is 2.58. The molecular formula is C18H14BrNO3. The van der Waals surface area contributed by atoms with E-state index in [9.17, 15) is 9.90 Å². The molecule has 0 spiro atoms. The number of carbonyl (C=O) groups excluding carboxylic acids is 1. The normalized spacial score (nSPS) is 10.5. The van der Waals surface area contributed by atoms with Crippen molar-refractivity contribution < 1.29 is 14.6 Å². The van der Waals surface area contributed by atoms with Gasteiger partial charge in [-0.25, -0.2) is 0 Å². The van der Waals surface area contributed by atoms with Gasteiger partial charge in [-0.05, 0) is 51.6 Å². The Bertz CT molecular complexity index is 893. The lowest BCUT2D eigenvalue weighted by Crippen LogP contribution is -2.12. The van der Waals surface area contributed by atoms with Crippen LogP contribution in [-0.2, 0) is 0 Å². The molecule has 0 bridgehead atoms. The van der Waals surface area contributed by atoms with Gasteiger partial charge in [0, 0.05) is 10.9 Å². The third kappa shape index (κ3) is 3.00. The topological polar surface area (TPSA) is 58.6 Å². The third-order valence-corrected chi connectivity index (χ3v) is 4.34. The summed E-state index contributed by atoms with van der Waals surface area (Å²) in [5, 5.41) is 14.4. The number of hydrogen-bond donors (Lipinski definition) is 2. The summed E-state index contributed by atoms with van der Waals surface area (Å²) in [6.45, 7) is 0. The molecule has 0 radical (unpaired) electrons. The first-order valence-corrected chi connectivity index (χ1v) is 7.75. The minimum Gasteiger partial charge on any atom is -0.507 e. The van der Waals surface area contributed by atoms with Crippen molar-refractivity contribution in [3.8, 4) is 11.5 Å². The molecule has 0 saturated heterocycles. The number of amides is 1. The summed E-state index contributed by atoms with van der Waals surface area (Å²) in [7, 11) is 1.56.